The SMILES string of the molecule is N#Cc1cc(F)c(N=[N+]=[N-])c(Br)c1F. The fourth-order valence-electron chi connectivity index (χ4n) is 0.803. The molecule has 0 spiro atoms. The van der Waals surface area contributed by atoms with Gasteiger partial charge in [-0.1, -0.05) is 5.11 Å². The summed E-state index contributed by atoms with van der Waals surface area (Å²) in [5.41, 5.74) is 7.12. The van der Waals surface area contributed by atoms with Crippen LogP contribution in [0.4, 0.5) is 14.5 Å². The molecule has 0 N–H and O–H groups in total. The summed E-state index contributed by atoms with van der Waals surface area (Å²) in [6.45, 7) is 0. The Balaban J connectivity index is 3.58. The van der Waals surface area contributed by atoms with Gasteiger partial charge in [-0.05, 0) is 27.5 Å². The van der Waals surface area contributed by atoms with Crippen molar-refractivity contribution in [1.82, 2.24) is 0 Å². The number of hydrogen-bond acceptors (Lipinski definition) is 2. The lowest BCUT2D eigenvalue weighted by Gasteiger charge is -2.01. The quantitative estimate of drug-likeness (QED) is 0.329. The number of azide groups is 1. The molecule has 0 aliphatic rings. The van der Waals surface area contributed by atoms with Crippen LogP contribution < -0.4 is 0 Å². The maximum absolute atomic E-state index is 13.1. The van der Waals surface area contributed by atoms with E-state index in [1.54, 1.807) is 0 Å². The van der Waals surface area contributed by atoms with Crippen molar-refractivity contribution in [2.45, 2.75) is 0 Å². The van der Waals surface area contributed by atoms with Gasteiger partial charge in [0, 0.05) is 4.91 Å². The van der Waals surface area contributed by atoms with Crippen LogP contribution in [0.5, 0.6) is 0 Å². The fraction of sp³-hybridized carbons (Fsp3) is 0. The third-order valence-corrected chi connectivity index (χ3v) is 2.12. The second kappa shape index (κ2) is 4.05. The van der Waals surface area contributed by atoms with Crippen molar-refractivity contribution >= 4 is 21.6 Å². The van der Waals surface area contributed by atoms with Crippen LogP contribution >= 0.6 is 15.9 Å². The van der Waals surface area contributed by atoms with Crippen LogP contribution in [-0.2, 0) is 0 Å². The molecule has 0 aliphatic heterocycles. The third kappa shape index (κ3) is 1.66. The summed E-state index contributed by atoms with van der Waals surface area (Å²) in [5.74, 6) is -1.90. The monoisotopic (exact) mass is 258 g/mol. The summed E-state index contributed by atoms with van der Waals surface area (Å²) in [6.07, 6.45) is 0. The van der Waals surface area contributed by atoms with E-state index in [2.05, 4.69) is 26.0 Å². The minimum absolute atomic E-state index is 0.355. The Labute approximate surface area is 85.5 Å². The van der Waals surface area contributed by atoms with E-state index in [1.165, 1.54) is 6.07 Å². The first-order valence-corrected chi connectivity index (χ1v) is 4.03. The largest absolute Gasteiger partial charge is 0.206 e. The topological polar surface area (TPSA) is 72.5 Å². The zero-order valence-corrected chi connectivity index (χ0v) is 8.09. The molecular weight excluding hydrogens is 258 g/mol. The van der Waals surface area contributed by atoms with Gasteiger partial charge in [0.1, 0.15) is 11.9 Å². The van der Waals surface area contributed by atoms with Gasteiger partial charge in [-0.15, -0.1) is 0 Å². The van der Waals surface area contributed by atoms with E-state index >= 15 is 0 Å². The summed E-state index contributed by atoms with van der Waals surface area (Å²) in [5, 5.41) is 11.4. The Hall–Kier alpha value is -1.64. The van der Waals surface area contributed by atoms with Crippen molar-refractivity contribution in [3.8, 4) is 6.07 Å². The second-order valence-electron chi connectivity index (χ2n) is 2.18. The summed E-state index contributed by atoms with van der Waals surface area (Å²) < 4.78 is 25.8. The minimum atomic E-state index is -0.951. The predicted molar refractivity (Wildman–Crippen MR) is 47.6 cm³/mol. The highest BCUT2D eigenvalue weighted by Gasteiger charge is 2.15. The second-order valence-corrected chi connectivity index (χ2v) is 2.98. The van der Waals surface area contributed by atoms with Gasteiger partial charge in [-0.25, -0.2) is 8.78 Å². The van der Waals surface area contributed by atoms with E-state index in [-0.39, 0.29) is 4.47 Å². The Kier molecular flexibility index (Phi) is 3.02. The van der Waals surface area contributed by atoms with Gasteiger partial charge in [-0.3, -0.25) is 0 Å². The molecule has 7 heteroatoms. The molecule has 70 valence electrons. The Morgan fingerprint density at radius 1 is 1.57 bits per heavy atom. The molecule has 0 aromatic heterocycles. The number of nitrogens with zero attached hydrogens (tertiary/aromatic N) is 4. The van der Waals surface area contributed by atoms with Gasteiger partial charge in [0.05, 0.1) is 15.7 Å². The highest BCUT2D eigenvalue weighted by molar-refractivity contribution is 9.10. The molecule has 0 radical (unpaired) electrons. The van der Waals surface area contributed by atoms with E-state index in [0.29, 0.717) is 6.07 Å². The normalized spacial score (nSPS) is 9.00. The lowest BCUT2D eigenvalue weighted by atomic mass is 10.2. The van der Waals surface area contributed by atoms with E-state index in [9.17, 15) is 8.78 Å². The average Bonchev–Trinajstić information content (AvgIpc) is 2.18. The smallest absolute Gasteiger partial charge is 0.155 e. The molecular formula is C7HBrF2N4. The minimum Gasteiger partial charge on any atom is -0.206 e. The van der Waals surface area contributed by atoms with Crippen LogP contribution in [-0.4, -0.2) is 0 Å². The third-order valence-electron chi connectivity index (χ3n) is 1.40. The standard InChI is InChI=1S/C7HBrF2N4/c8-5-6(10)3(2-11)1-4(9)7(5)13-14-12/h1H. The van der Waals surface area contributed by atoms with Crippen LogP contribution in [0.3, 0.4) is 0 Å². The highest BCUT2D eigenvalue weighted by Crippen LogP contribution is 2.33. The van der Waals surface area contributed by atoms with Crippen molar-refractivity contribution < 1.29 is 8.78 Å². The molecule has 1 rings (SSSR count). The molecule has 0 aliphatic carbocycles. The molecule has 0 saturated heterocycles. The fourth-order valence-corrected chi connectivity index (χ4v) is 1.29. The summed E-state index contributed by atoms with van der Waals surface area (Å²) >= 11 is 2.69. The molecule has 0 amide bonds. The number of halogens is 3. The molecule has 0 fully saturated rings. The highest BCUT2D eigenvalue weighted by atomic mass is 79.9. The maximum atomic E-state index is 13.1. The van der Waals surface area contributed by atoms with Crippen molar-refractivity contribution in [2.24, 2.45) is 5.11 Å². The van der Waals surface area contributed by atoms with Crippen LogP contribution in [0.2, 0.25) is 0 Å². The number of hydrogen-bond donors (Lipinski definition) is 0. The van der Waals surface area contributed by atoms with Gasteiger partial charge in [-0.2, -0.15) is 5.26 Å². The number of benzene rings is 1. The van der Waals surface area contributed by atoms with E-state index in [0.717, 1.165) is 0 Å². The van der Waals surface area contributed by atoms with Gasteiger partial charge in [0.2, 0.25) is 0 Å². The lowest BCUT2D eigenvalue weighted by molar-refractivity contribution is 0.593. The Bertz CT molecular complexity index is 474. The molecule has 0 bridgehead atoms. The van der Waals surface area contributed by atoms with Gasteiger partial charge in [0.15, 0.2) is 5.82 Å². The zero-order valence-electron chi connectivity index (χ0n) is 6.50. The Morgan fingerprint density at radius 2 is 2.21 bits per heavy atom. The van der Waals surface area contributed by atoms with E-state index < -0.39 is 22.9 Å². The zero-order chi connectivity index (χ0) is 10.7. The first-order chi connectivity index (χ1) is 6.61. The van der Waals surface area contributed by atoms with Crippen LogP contribution in [0, 0.1) is 23.0 Å². The predicted octanol–water partition coefficient (Wildman–Crippen LogP) is 3.54. The first-order valence-electron chi connectivity index (χ1n) is 3.24. The lowest BCUT2D eigenvalue weighted by Crippen LogP contribution is -1.89. The van der Waals surface area contributed by atoms with Crippen LogP contribution in [0.1, 0.15) is 5.56 Å². The van der Waals surface area contributed by atoms with Gasteiger partial charge >= 0.3 is 0 Å². The van der Waals surface area contributed by atoms with Crippen molar-refractivity contribution in [2.75, 3.05) is 0 Å². The van der Waals surface area contributed by atoms with Gasteiger partial charge in [0.25, 0.3) is 0 Å². The Morgan fingerprint density at radius 3 is 2.71 bits per heavy atom. The molecule has 0 heterocycles. The van der Waals surface area contributed by atoms with Crippen molar-refractivity contribution in [3.05, 3.63) is 38.2 Å². The molecule has 14 heavy (non-hydrogen) atoms. The van der Waals surface area contributed by atoms with E-state index in [4.69, 9.17) is 10.8 Å². The molecule has 0 atom stereocenters. The van der Waals surface area contributed by atoms with Gasteiger partial charge < -0.3 is 0 Å². The van der Waals surface area contributed by atoms with E-state index in [1.807, 2.05) is 0 Å². The van der Waals surface area contributed by atoms with Crippen molar-refractivity contribution in [3.63, 3.8) is 0 Å². The number of rotatable bonds is 1. The molecule has 1 aromatic carbocycles. The first kappa shape index (κ1) is 10.4. The van der Waals surface area contributed by atoms with Crippen molar-refractivity contribution in [1.29, 1.82) is 5.26 Å². The van der Waals surface area contributed by atoms with Crippen LogP contribution in [0.15, 0.2) is 15.7 Å². The summed E-state index contributed by atoms with van der Waals surface area (Å²) in [4.78, 5) is 2.33. The molecule has 0 unspecified atom stereocenters. The maximum Gasteiger partial charge on any atom is 0.155 e. The summed E-state index contributed by atoms with van der Waals surface area (Å²) in [7, 11) is 0. The summed E-state index contributed by atoms with van der Waals surface area (Å²) in [6, 6.07) is 2.14. The molecule has 0 saturated carbocycles. The average molecular weight is 259 g/mol. The molecule has 4 nitrogen and oxygen atoms in total. The number of nitriles is 1. The van der Waals surface area contributed by atoms with Crippen LogP contribution in [0.25, 0.3) is 10.4 Å². The molecule has 1 aromatic rings.